The summed E-state index contributed by atoms with van der Waals surface area (Å²) >= 11 is 4.04. The zero-order valence-corrected chi connectivity index (χ0v) is 17.4. The van der Waals surface area contributed by atoms with E-state index in [1.54, 1.807) is 0 Å². The highest BCUT2D eigenvalue weighted by Gasteiger charge is 2.24. The minimum Gasteiger partial charge on any atom is -0.480 e. The van der Waals surface area contributed by atoms with Crippen LogP contribution < -0.4 is 27.4 Å². The lowest BCUT2D eigenvalue weighted by Gasteiger charge is -2.19. The SMILES string of the molecule is NCCCCC(N)C(=O)NC(CS)C(=O)NCC(=O)NC(Cc1cnc[nH]1)C(=O)O. The molecule has 0 aromatic carbocycles. The van der Waals surface area contributed by atoms with Crippen LogP contribution in [0.3, 0.4) is 0 Å². The highest BCUT2D eigenvalue weighted by atomic mass is 32.1. The number of aromatic amines is 1. The summed E-state index contributed by atoms with van der Waals surface area (Å²) in [6.45, 7) is 0.0387. The molecule has 3 atom stereocenters. The molecule has 0 saturated heterocycles. The Kier molecular flexibility index (Phi) is 11.5. The number of carboxylic acid groups (broad SMARTS) is 1. The van der Waals surface area contributed by atoms with Crippen molar-refractivity contribution in [2.45, 2.75) is 43.8 Å². The molecule has 3 amide bonds. The van der Waals surface area contributed by atoms with Crippen LogP contribution in [-0.4, -0.2) is 75.7 Å². The van der Waals surface area contributed by atoms with Crippen LogP contribution in [0.5, 0.6) is 0 Å². The largest absolute Gasteiger partial charge is 0.480 e. The number of nitrogens with one attached hydrogen (secondary N) is 4. The molecule has 1 aromatic heterocycles. The van der Waals surface area contributed by atoms with Crippen LogP contribution in [0.1, 0.15) is 25.0 Å². The molecule has 0 aliphatic carbocycles. The van der Waals surface area contributed by atoms with E-state index in [4.69, 9.17) is 11.5 Å². The summed E-state index contributed by atoms with van der Waals surface area (Å²) in [4.78, 5) is 54.2. The molecular formula is C17H29N7O5S. The number of carboxylic acids is 1. The fourth-order valence-electron chi connectivity index (χ4n) is 2.46. The molecule has 0 aliphatic rings. The normalized spacial score (nSPS) is 13.7. The minimum absolute atomic E-state index is 0.00634. The molecular weight excluding hydrogens is 414 g/mol. The third kappa shape index (κ3) is 9.24. The lowest BCUT2D eigenvalue weighted by molar-refractivity contribution is -0.141. The standard InChI is InChI=1S/C17H29N7O5S/c18-4-2-1-3-11(19)15(26)24-13(8-30)16(27)21-7-14(25)23-12(17(28)29)5-10-6-20-9-22-10/h6,9,11-13,30H,1-5,7-8,18-19H2,(H,20,22)(H,21,27)(H,23,25)(H,24,26)(H,28,29). The molecule has 1 rings (SSSR count). The monoisotopic (exact) mass is 443 g/mol. The molecule has 168 valence electrons. The Labute approximate surface area is 179 Å². The first-order valence-corrected chi connectivity index (χ1v) is 10.1. The smallest absolute Gasteiger partial charge is 0.326 e. The summed E-state index contributed by atoms with van der Waals surface area (Å²) in [5.74, 6) is -3.07. The van der Waals surface area contributed by atoms with Gasteiger partial charge in [0.15, 0.2) is 0 Å². The number of carbonyl (C=O) groups is 4. The van der Waals surface area contributed by atoms with Gasteiger partial charge in [0.25, 0.3) is 0 Å². The molecule has 0 radical (unpaired) electrons. The number of nitrogens with two attached hydrogens (primary N) is 2. The maximum absolute atomic E-state index is 12.2. The van der Waals surface area contributed by atoms with Crippen LogP contribution in [0.15, 0.2) is 12.5 Å². The van der Waals surface area contributed by atoms with Gasteiger partial charge in [0, 0.05) is 24.1 Å². The maximum Gasteiger partial charge on any atom is 0.326 e. The lowest BCUT2D eigenvalue weighted by Crippen LogP contribution is -2.54. The molecule has 0 fully saturated rings. The Morgan fingerprint density at radius 3 is 2.47 bits per heavy atom. The Morgan fingerprint density at radius 2 is 1.90 bits per heavy atom. The predicted octanol–water partition coefficient (Wildman–Crippen LogP) is -2.49. The summed E-state index contributed by atoms with van der Waals surface area (Å²) in [6.07, 6.45) is 4.71. The van der Waals surface area contributed by atoms with Gasteiger partial charge in [-0.05, 0) is 19.4 Å². The zero-order valence-electron chi connectivity index (χ0n) is 16.5. The molecule has 0 bridgehead atoms. The number of hydrogen-bond donors (Lipinski definition) is 8. The van der Waals surface area contributed by atoms with Crippen molar-refractivity contribution in [2.75, 3.05) is 18.8 Å². The number of imidazole rings is 1. The number of aliphatic carboxylic acids is 1. The second-order valence-electron chi connectivity index (χ2n) is 6.59. The summed E-state index contributed by atoms with van der Waals surface area (Å²) in [5, 5.41) is 16.4. The van der Waals surface area contributed by atoms with Crippen LogP contribution in [0, 0.1) is 0 Å². The van der Waals surface area contributed by atoms with Gasteiger partial charge in [0.1, 0.15) is 12.1 Å². The van der Waals surface area contributed by atoms with Crippen LogP contribution in [0.25, 0.3) is 0 Å². The molecule has 0 aliphatic heterocycles. The molecule has 30 heavy (non-hydrogen) atoms. The summed E-state index contributed by atoms with van der Waals surface area (Å²) in [5.41, 5.74) is 11.7. The van der Waals surface area contributed by atoms with Gasteiger partial charge in [-0.1, -0.05) is 6.42 Å². The van der Waals surface area contributed by atoms with Crippen molar-refractivity contribution >= 4 is 36.3 Å². The fourth-order valence-corrected chi connectivity index (χ4v) is 2.72. The van der Waals surface area contributed by atoms with Gasteiger partial charge in [-0.15, -0.1) is 0 Å². The average Bonchev–Trinajstić information content (AvgIpc) is 3.22. The second kappa shape index (κ2) is 13.6. The number of thiol groups is 1. The number of carbonyl (C=O) groups excluding carboxylic acids is 3. The number of nitrogens with zero attached hydrogens (tertiary/aromatic N) is 1. The van der Waals surface area contributed by atoms with E-state index in [1.165, 1.54) is 12.5 Å². The van der Waals surface area contributed by atoms with E-state index in [1.807, 2.05) is 0 Å². The van der Waals surface area contributed by atoms with Crippen molar-refractivity contribution in [1.82, 2.24) is 25.9 Å². The van der Waals surface area contributed by atoms with Gasteiger partial charge >= 0.3 is 5.97 Å². The molecule has 1 aromatic rings. The lowest BCUT2D eigenvalue weighted by atomic mass is 10.1. The van der Waals surface area contributed by atoms with Crippen molar-refractivity contribution in [3.05, 3.63) is 18.2 Å². The van der Waals surface area contributed by atoms with Crippen molar-refractivity contribution in [1.29, 1.82) is 0 Å². The number of amides is 3. The van der Waals surface area contributed by atoms with E-state index in [0.29, 0.717) is 25.1 Å². The van der Waals surface area contributed by atoms with Crippen molar-refractivity contribution in [3.63, 3.8) is 0 Å². The molecule has 9 N–H and O–H groups in total. The quantitative estimate of drug-likeness (QED) is 0.114. The first-order valence-electron chi connectivity index (χ1n) is 9.42. The Morgan fingerprint density at radius 1 is 1.17 bits per heavy atom. The van der Waals surface area contributed by atoms with Crippen LogP contribution in [0.2, 0.25) is 0 Å². The molecule has 13 heteroatoms. The van der Waals surface area contributed by atoms with E-state index in [2.05, 4.69) is 38.5 Å². The second-order valence-corrected chi connectivity index (χ2v) is 6.96. The van der Waals surface area contributed by atoms with Crippen LogP contribution in [0.4, 0.5) is 0 Å². The van der Waals surface area contributed by atoms with Crippen molar-refractivity contribution in [3.8, 4) is 0 Å². The van der Waals surface area contributed by atoms with Gasteiger partial charge in [-0.2, -0.15) is 12.6 Å². The number of rotatable bonds is 14. The van der Waals surface area contributed by atoms with Crippen LogP contribution >= 0.6 is 12.6 Å². The van der Waals surface area contributed by atoms with Crippen molar-refractivity contribution < 1.29 is 24.3 Å². The van der Waals surface area contributed by atoms with E-state index >= 15 is 0 Å². The Hall–Kier alpha value is -2.64. The molecule has 3 unspecified atom stereocenters. The molecule has 0 spiro atoms. The van der Waals surface area contributed by atoms with E-state index < -0.39 is 48.4 Å². The topological polar surface area (TPSA) is 205 Å². The Balaban J connectivity index is 2.47. The van der Waals surface area contributed by atoms with Gasteiger partial charge in [-0.3, -0.25) is 14.4 Å². The minimum atomic E-state index is -1.23. The Bertz CT molecular complexity index is 701. The molecule has 1 heterocycles. The molecule has 12 nitrogen and oxygen atoms in total. The number of H-pyrrole nitrogens is 1. The van der Waals surface area contributed by atoms with Gasteiger partial charge in [0.2, 0.25) is 17.7 Å². The fraction of sp³-hybridized carbons (Fsp3) is 0.588. The predicted molar refractivity (Wildman–Crippen MR) is 112 cm³/mol. The van der Waals surface area contributed by atoms with E-state index in [-0.39, 0.29) is 12.2 Å². The van der Waals surface area contributed by atoms with E-state index in [9.17, 15) is 24.3 Å². The van der Waals surface area contributed by atoms with Gasteiger partial charge < -0.3 is 37.5 Å². The summed E-state index contributed by atoms with van der Waals surface area (Å²) in [6, 6.07) is -2.97. The zero-order chi connectivity index (χ0) is 22.5. The first-order chi connectivity index (χ1) is 14.3. The summed E-state index contributed by atoms with van der Waals surface area (Å²) < 4.78 is 0. The van der Waals surface area contributed by atoms with Crippen LogP contribution in [-0.2, 0) is 25.6 Å². The third-order valence-corrected chi connectivity index (χ3v) is 4.52. The highest BCUT2D eigenvalue weighted by Crippen LogP contribution is 2.00. The molecule has 0 saturated carbocycles. The van der Waals surface area contributed by atoms with Gasteiger partial charge in [-0.25, -0.2) is 9.78 Å². The van der Waals surface area contributed by atoms with Gasteiger partial charge in [0.05, 0.1) is 18.9 Å². The first kappa shape index (κ1) is 25.4. The summed E-state index contributed by atoms with van der Waals surface area (Å²) in [7, 11) is 0. The average molecular weight is 444 g/mol. The number of unbranched alkanes of at least 4 members (excludes halogenated alkanes) is 1. The number of aromatic nitrogens is 2. The number of hydrogen-bond acceptors (Lipinski definition) is 8. The maximum atomic E-state index is 12.2. The van der Waals surface area contributed by atoms with E-state index in [0.717, 1.165) is 6.42 Å². The van der Waals surface area contributed by atoms with Crippen molar-refractivity contribution in [2.24, 2.45) is 11.5 Å². The third-order valence-electron chi connectivity index (χ3n) is 4.16. The highest BCUT2D eigenvalue weighted by molar-refractivity contribution is 7.80.